The van der Waals surface area contributed by atoms with Crippen molar-refractivity contribution in [1.29, 1.82) is 0 Å². The van der Waals surface area contributed by atoms with Gasteiger partial charge in [0.15, 0.2) is 0 Å². The molecule has 9 heteroatoms. The molecule has 5 nitrogen and oxygen atoms in total. The third-order valence-corrected chi connectivity index (χ3v) is 4.33. The maximum atomic E-state index is 10.6. The molecular weight excluding hydrogens is 395 g/mol. The molecule has 1 aromatic carbocycles. The Hall–Kier alpha value is -1.61. The number of halogens is 4. The minimum Gasteiger partial charge on any atom is -0.481 e. The molecule has 3 N–H and O–H groups in total. The van der Waals surface area contributed by atoms with Gasteiger partial charge in [0.05, 0.1) is 6.42 Å². The molecular formula is C15H17BrF3NO4. The summed E-state index contributed by atoms with van der Waals surface area (Å²) in [5.74, 6) is -3.51. The highest BCUT2D eigenvalue weighted by Gasteiger charge is 2.39. The van der Waals surface area contributed by atoms with E-state index in [4.69, 9.17) is 15.0 Å². The second-order valence-corrected chi connectivity index (χ2v) is 6.14. The molecule has 0 heterocycles. The summed E-state index contributed by atoms with van der Waals surface area (Å²) < 4.78 is 32.8. The average molecular weight is 412 g/mol. The highest BCUT2D eigenvalue weighted by Crippen LogP contribution is 2.43. The number of carboxylic acids is 2. The molecule has 0 amide bonds. The van der Waals surface area contributed by atoms with Crippen LogP contribution in [0.25, 0.3) is 0 Å². The number of hydrogen-bond acceptors (Lipinski definition) is 3. The van der Waals surface area contributed by atoms with Gasteiger partial charge in [0.2, 0.25) is 0 Å². The van der Waals surface area contributed by atoms with Gasteiger partial charge in [-0.25, -0.2) is 4.79 Å². The molecule has 1 fully saturated rings. The fraction of sp³-hybridized carbons (Fsp3) is 0.467. The van der Waals surface area contributed by atoms with Crippen LogP contribution >= 0.6 is 15.9 Å². The van der Waals surface area contributed by atoms with Crippen LogP contribution in [-0.2, 0) is 15.1 Å². The van der Waals surface area contributed by atoms with Gasteiger partial charge in [-0.3, -0.25) is 4.79 Å². The van der Waals surface area contributed by atoms with Crippen LogP contribution in [0.4, 0.5) is 13.2 Å². The predicted molar refractivity (Wildman–Crippen MR) is 83.6 cm³/mol. The summed E-state index contributed by atoms with van der Waals surface area (Å²) in [5.41, 5.74) is 1.23. The molecule has 0 radical (unpaired) electrons. The Kier molecular flexibility index (Phi) is 7.22. The number of nitrogens with one attached hydrogen (secondary N) is 1. The summed E-state index contributed by atoms with van der Waals surface area (Å²) in [5, 5.41) is 19.2. The van der Waals surface area contributed by atoms with Gasteiger partial charge in [-0.1, -0.05) is 34.1 Å². The molecule has 0 bridgehead atoms. The first kappa shape index (κ1) is 20.4. The van der Waals surface area contributed by atoms with E-state index >= 15 is 0 Å². The predicted octanol–water partition coefficient (Wildman–Crippen LogP) is 3.53. The highest BCUT2D eigenvalue weighted by molar-refractivity contribution is 9.10. The number of alkyl halides is 3. The number of aliphatic carboxylic acids is 2. The van der Waals surface area contributed by atoms with Crippen molar-refractivity contribution in [3.8, 4) is 0 Å². The number of rotatable bonds is 5. The van der Waals surface area contributed by atoms with Crippen molar-refractivity contribution in [2.45, 2.75) is 37.4 Å². The largest absolute Gasteiger partial charge is 0.490 e. The van der Waals surface area contributed by atoms with Crippen LogP contribution in [0.2, 0.25) is 0 Å². The maximum absolute atomic E-state index is 10.6. The van der Waals surface area contributed by atoms with E-state index in [0.29, 0.717) is 6.54 Å². The Labute approximate surface area is 145 Å². The molecule has 1 aromatic rings. The lowest BCUT2D eigenvalue weighted by Crippen LogP contribution is -2.48. The summed E-state index contributed by atoms with van der Waals surface area (Å²) in [6, 6.07) is 8.17. The number of benzene rings is 1. The smallest absolute Gasteiger partial charge is 0.481 e. The van der Waals surface area contributed by atoms with E-state index in [9.17, 15) is 18.0 Å². The lowest BCUT2D eigenvalue weighted by molar-refractivity contribution is -0.192. The van der Waals surface area contributed by atoms with Crippen molar-refractivity contribution in [2.24, 2.45) is 0 Å². The van der Waals surface area contributed by atoms with Gasteiger partial charge in [-0.2, -0.15) is 13.2 Å². The SMILES string of the molecule is O=C(O)C(F)(F)F.O=C(O)CCNC1(c2ccccc2Br)CCC1. The van der Waals surface area contributed by atoms with Crippen molar-refractivity contribution in [2.75, 3.05) is 6.54 Å². The van der Waals surface area contributed by atoms with Gasteiger partial charge >= 0.3 is 18.1 Å². The molecule has 0 unspecified atom stereocenters. The van der Waals surface area contributed by atoms with E-state index in [0.717, 1.165) is 17.3 Å². The Bertz CT molecular complexity index is 588. The van der Waals surface area contributed by atoms with Crippen LogP contribution in [0.3, 0.4) is 0 Å². The normalized spacial score (nSPS) is 15.7. The van der Waals surface area contributed by atoms with Crippen molar-refractivity contribution >= 4 is 27.9 Å². The molecule has 0 saturated heterocycles. The van der Waals surface area contributed by atoms with E-state index in [2.05, 4.69) is 27.3 Å². The third-order valence-electron chi connectivity index (χ3n) is 3.64. The molecule has 1 aliphatic rings. The molecule has 1 aliphatic carbocycles. The van der Waals surface area contributed by atoms with E-state index in [1.54, 1.807) is 0 Å². The first-order chi connectivity index (χ1) is 11.1. The van der Waals surface area contributed by atoms with Crippen LogP contribution in [-0.4, -0.2) is 34.9 Å². The second-order valence-electron chi connectivity index (χ2n) is 5.29. The van der Waals surface area contributed by atoms with Gasteiger partial charge in [-0.15, -0.1) is 0 Å². The monoisotopic (exact) mass is 411 g/mol. The van der Waals surface area contributed by atoms with Gasteiger partial charge in [0.1, 0.15) is 0 Å². The van der Waals surface area contributed by atoms with E-state index in [1.165, 1.54) is 12.0 Å². The van der Waals surface area contributed by atoms with Crippen molar-refractivity contribution in [3.05, 3.63) is 34.3 Å². The Morgan fingerprint density at radius 2 is 1.75 bits per heavy atom. The molecule has 0 spiro atoms. The quantitative estimate of drug-likeness (QED) is 0.689. The lowest BCUT2D eigenvalue weighted by Gasteiger charge is -2.44. The Balaban J connectivity index is 0.000000351. The summed E-state index contributed by atoms with van der Waals surface area (Å²) in [6.45, 7) is 0.524. The van der Waals surface area contributed by atoms with Gasteiger partial charge < -0.3 is 15.5 Å². The Morgan fingerprint density at radius 1 is 1.21 bits per heavy atom. The molecule has 0 aromatic heterocycles. The summed E-state index contributed by atoms with van der Waals surface area (Å²) in [6.07, 6.45) is -1.56. The van der Waals surface area contributed by atoms with Crippen LogP contribution in [0, 0.1) is 0 Å². The molecule has 0 aliphatic heterocycles. The first-order valence-electron chi connectivity index (χ1n) is 7.10. The standard InChI is InChI=1S/C13H16BrNO2.C2HF3O2/c14-11-5-2-1-4-10(11)13(7-3-8-13)15-9-6-12(16)17;3-2(4,5)1(6)7/h1-2,4-5,15H,3,6-9H2,(H,16,17);(H,6,7). The van der Waals surface area contributed by atoms with E-state index in [1.807, 2.05) is 18.2 Å². The van der Waals surface area contributed by atoms with Crippen LogP contribution in [0.5, 0.6) is 0 Å². The maximum Gasteiger partial charge on any atom is 0.490 e. The van der Waals surface area contributed by atoms with E-state index in [-0.39, 0.29) is 12.0 Å². The van der Waals surface area contributed by atoms with Crippen molar-refractivity contribution in [3.63, 3.8) is 0 Å². The van der Waals surface area contributed by atoms with Gasteiger partial charge in [0, 0.05) is 16.6 Å². The third kappa shape index (κ3) is 5.79. The highest BCUT2D eigenvalue weighted by atomic mass is 79.9. The summed E-state index contributed by atoms with van der Waals surface area (Å²) in [7, 11) is 0. The van der Waals surface area contributed by atoms with Crippen LogP contribution < -0.4 is 5.32 Å². The molecule has 0 atom stereocenters. The number of carboxylic acid groups (broad SMARTS) is 2. The minimum atomic E-state index is -5.08. The topological polar surface area (TPSA) is 86.6 Å². The zero-order chi connectivity index (χ0) is 18.4. The molecule has 2 rings (SSSR count). The summed E-state index contributed by atoms with van der Waals surface area (Å²) >= 11 is 3.57. The van der Waals surface area contributed by atoms with E-state index < -0.39 is 18.1 Å². The number of carbonyl (C=O) groups is 2. The first-order valence-corrected chi connectivity index (χ1v) is 7.90. The molecule has 24 heavy (non-hydrogen) atoms. The van der Waals surface area contributed by atoms with Crippen LogP contribution in [0.1, 0.15) is 31.2 Å². The molecule has 134 valence electrons. The van der Waals surface area contributed by atoms with Crippen LogP contribution in [0.15, 0.2) is 28.7 Å². The fourth-order valence-electron chi connectivity index (χ4n) is 2.33. The Morgan fingerprint density at radius 3 is 2.12 bits per heavy atom. The zero-order valence-electron chi connectivity index (χ0n) is 12.6. The van der Waals surface area contributed by atoms with Crippen molar-refractivity contribution < 1.29 is 33.0 Å². The lowest BCUT2D eigenvalue weighted by atomic mass is 9.72. The molecule has 1 saturated carbocycles. The second kappa shape index (κ2) is 8.48. The average Bonchev–Trinajstić information content (AvgIpc) is 2.42. The van der Waals surface area contributed by atoms with Gasteiger partial charge in [0.25, 0.3) is 0 Å². The summed E-state index contributed by atoms with van der Waals surface area (Å²) in [4.78, 5) is 19.4. The van der Waals surface area contributed by atoms with Gasteiger partial charge in [-0.05, 0) is 30.9 Å². The fourth-order valence-corrected chi connectivity index (χ4v) is 2.99. The minimum absolute atomic E-state index is 0.0183. The van der Waals surface area contributed by atoms with Crippen molar-refractivity contribution in [1.82, 2.24) is 5.32 Å². The number of hydrogen-bond donors (Lipinski definition) is 3. The zero-order valence-corrected chi connectivity index (χ0v) is 14.2.